The van der Waals surface area contributed by atoms with Crippen LogP contribution in [-0.4, -0.2) is 16.2 Å². The van der Waals surface area contributed by atoms with Crippen molar-refractivity contribution >= 4 is 12.0 Å². The standard InChI is InChI=1S/C24H18O3/c1-17-10-12-19(13-11-17)22-9-5-4-7-18(22)6-2-3-8-20-14-15-21(24(26)27)16-23(20)25/h2,4-7,9-16,25H,1H3,(H,26,27)/b6-2+. The Morgan fingerprint density at radius 2 is 1.74 bits per heavy atom. The third kappa shape index (κ3) is 4.45. The Bertz CT molecular complexity index is 1060. The number of rotatable bonds is 3. The molecule has 0 spiro atoms. The molecule has 2 N–H and O–H groups in total. The van der Waals surface area contributed by atoms with E-state index in [0.29, 0.717) is 5.56 Å². The van der Waals surface area contributed by atoms with Gasteiger partial charge in [-0.25, -0.2) is 4.79 Å². The van der Waals surface area contributed by atoms with Crippen molar-refractivity contribution < 1.29 is 15.0 Å². The summed E-state index contributed by atoms with van der Waals surface area (Å²) in [4.78, 5) is 10.9. The third-order valence-electron chi connectivity index (χ3n) is 4.12. The number of hydrogen-bond donors (Lipinski definition) is 2. The number of aryl methyl sites for hydroxylation is 1. The Morgan fingerprint density at radius 1 is 1.00 bits per heavy atom. The first-order chi connectivity index (χ1) is 13.0. The minimum Gasteiger partial charge on any atom is -0.507 e. The van der Waals surface area contributed by atoms with Gasteiger partial charge in [0.2, 0.25) is 0 Å². The number of phenolic OH excluding ortho intramolecular Hbond substituents is 1. The van der Waals surface area contributed by atoms with Gasteiger partial charge in [0.1, 0.15) is 5.75 Å². The monoisotopic (exact) mass is 354 g/mol. The van der Waals surface area contributed by atoms with E-state index >= 15 is 0 Å². The third-order valence-corrected chi connectivity index (χ3v) is 4.12. The van der Waals surface area contributed by atoms with Crippen molar-refractivity contribution in [2.45, 2.75) is 6.92 Å². The second-order valence-electron chi connectivity index (χ2n) is 6.09. The van der Waals surface area contributed by atoms with Gasteiger partial charge in [-0.15, -0.1) is 0 Å². The van der Waals surface area contributed by atoms with Crippen LogP contribution in [0.5, 0.6) is 5.75 Å². The number of carboxylic acid groups (broad SMARTS) is 1. The zero-order valence-corrected chi connectivity index (χ0v) is 14.8. The van der Waals surface area contributed by atoms with Crippen LogP contribution in [0.1, 0.15) is 27.0 Å². The summed E-state index contributed by atoms with van der Waals surface area (Å²) in [7, 11) is 0. The number of carbonyl (C=O) groups is 1. The number of aromatic hydroxyl groups is 1. The molecule has 0 radical (unpaired) electrons. The minimum absolute atomic E-state index is 0.0283. The van der Waals surface area contributed by atoms with Gasteiger partial charge in [0.25, 0.3) is 0 Å². The summed E-state index contributed by atoms with van der Waals surface area (Å²) in [5.41, 5.74) is 4.92. The Labute approximate surface area is 158 Å². The maximum atomic E-state index is 10.9. The highest BCUT2D eigenvalue weighted by atomic mass is 16.4. The molecule has 0 atom stereocenters. The molecule has 3 aromatic carbocycles. The van der Waals surface area contributed by atoms with Gasteiger partial charge in [-0.3, -0.25) is 0 Å². The Hall–Kier alpha value is -3.77. The average Bonchev–Trinajstić information content (AvgIpc) is 2.67. The zero-order valence-electron chi connectivity index (χ0n) is 14.8. The maximum Gasteiger partial charge on any atom is 0.335 e. The highest BCUT2D eigenvalue weighted by molar-refractivity contribution is 5.88. The summed E-state index contributed by atoms with van der Waals surface area (Å²) in [6.45, 7) is 2.06. The van der Waals surface area contributed by atoms with Crippen LogP contribution in [0, 0.1) is 18.8 Å². The van der Waals surface area contributed by atoms with Gasteiger partial charge in [0.15, 0.2) is 0 Å². The lowest BCUT2D eigenvalue weighted by atomic mass is 9.98. The van der Waals surface area contributed by atoms with E-state index in [-0.39, 0.29) is 11.3 Å². The van der Waals surface area contributed by atoms with E-state index in [0.717, 1.165) is 16.7 Å². The molecule has 0 unspecified atom stereocenters. The molecule has 0 fully saturated rings. The quantitative estimate of drug-likeness (QED) is 0.641. The number of carboxylic acids is 1. The number of allylic oxidation sites excluding steroid dienone is 1. The highest BCUT2D eigenvalue weighted by Gasteiger charge is 2.05. The van der Waals surface area contributed by atoms with Crippen molar-refractivity contribution in [1.29, 1.82) is 0 Å². The molecule has 0 amide bonds. The van der Waals surface area contributed by atoms with Crippen LogP contribution in [0.4, 0.5) is 0 Å². The van der Waals surface area contributed by atoms with Crippen LogP contribution < -0.4 is 0 Å². The first-order valence-corrected chi connectivity index (χ1v) is 8.45. The Morgan fingerprint density at radius 3 is 2.44 bits per heavy atom. The summed E-state index contributed by atoms with van der Waals surface area (Å²) < 4.78 is 0. The predicted molar refractivity (Wildman–Crippen MR) is 108 cm³/mol. The Kier molecular flexibility index (Phi) is 5.39. The lowest BCUT2D eigenvalue weighted by molar-refractivity contribution is 0.0696. The molecular weight excluding hydrogens is 336 g/mol. The van der Waals surface area contributed by atoms with Crippen LogP contribution in [0.25, 0.3) is 17.2 Å². The van der Waals surface area contributed by atoms with E-state index < -0.39 is 5.97 Å². The van der Waals surface area contributed by atoms with E-state index in [1.54, 1.807) is 6.08 Å². The molecule has 3 rings (SSSR count). The van der Waals surface area contributed by atoms with Gasteiger partial charge in [0.05, 0.1) is 11.1 Å². The lowest BCUT2D eigenvalue weighted by Crippen LogP contribution is -1.95. The van der Waals surface area contributed by atoms with E-state index in [4.69, 9.17) is 5.11 Å². The number of aromatic carboxylic acids is 1. The van der Waals surface area contributed by atoms with Crippen LogP contribution in [0.15, 0.2) is 72.8 Å². The number of benzene rings is 3. The first-order valence-electron chi connectivity index (χ1n) is 8.45. The summed E-state index contributed by atoms with van der Waals surface area (Å²) in [6.07, 6.45) is 3.64. The van der Waals surface area contributed by atoms with Crippen molar-refractivity contribution in [2.24, 2.45) is 0 Å². The molecule has 3 aromatic rings. The predicted octanol–water partition coefficient (Wildman–Crippen LogP) is 5.13. The molecule has 3 nitrogen and oxygen atoms in total. The molecule has 0 saturated heterocycles. The van der Waals surface area contributed by atoms with Gasteiger partial charge >= 0.3 is 5.97 Å². The zero-order chi connectivity index (χ0) is 19.2. The van der Waals surface area contributed by atoms with Crippen molar-refractivity contribution in [3.63, 3.8) is 0 Å². The smallest absolute Gasteiger partial charge is 0.335 e. The molecule has 0 aliphatic carbocycles. The fourth-order valence-electron chi connectivity index (χ4n) is 2.66. The van der Waals surface area contributed by atoms with Crippen LogP contribution in [-0.2, 0) is 0 Å². The molecule has 0 aliphatic heterocycles. The minimum atomic E-state index is -1.09. The molecule has 27 heavy (non-hydrogen) atoms. The number of hydrogen-bond acceptors (Lipinski definition) is 2. The maximum absolute atomic E-state index is 10.9. The fraction of sp³-hybridized carbons (Fsp3) is 0.0417. The fourth-order valence-corrected chi connectivity index (χ4v) is 2.66. The Balaban J connectivity index is 1.84. The lowest BCUT2D eigenvalue weighted by Gasteiger charge is -2.06. The van der Waals surface area contributed by atoms with Gasteiger partial charge in [-0.1, -0.05) is 65.9 Å². The van der Waals surface area contributed by atoms with E-state index in [9.17, 15) is 9.90 Å². The molecule has 3 heteroatoms. The largest absolute Gasteiger partial charge is 0.507 e. The SMILES string of the molecule is Cc1ccc(-c2ccccc2/C=C/C#Cc2ccc(C(=O)O)cc2O)cc1. The van der Waals surface area contributed by atoms with Gasteiger partial charge in [-0.2, -0.15) is 0 Å². The van der Waals surface area contributed by atoms with Gasteiger partial charge < -0.3 is 10.2 Å². The first kappa shape index (κ1) is 18.0. The van der Waals surface area contributed by atoms with Crippen LogP contribution in [0.3, 0.4) is 0 Å². The topological polar surface area (TPSA) is 57.5 Å². The normalized spacial score (nSPS) is 10.4. The molecular formula is C24H18O3. The average molecular weight is 354 g/mol. The van der Waals surface area contributed by atoms with E-state index in [1.165, 1.54) is 23.8 Å². The number of phenols is 1. The van der Waals surface area contributed by atoms with Crippen molar-refractivity contribution in [3.8, 4) is 28.7 Å². The summed E-state index contributed by atoms with van der Waals surface area (Å²) in [5, 5.41) is 18.8. The molecule has 0 saturated carbocycles. The molecule has 0 heterocycles. The molecule has 0 bridgehead atoms. The van der Waals surface area contributed by atoms with Gasteiger partial charge in [0, 0.05) is 0 Å². The molecule has 132 valence electrons. The van der Waals surface area contributed by atoms with Crippen molar-refractivity contribution in [2.75, 3.05) is 0 Å². The van der Waals surface area contributed by atoms with Crippen LogP contribution in [0.2, 0.25) is 0 Å². The summed E-state index contributed by atoms with van der Waals surface area (Å²) in [6, 6.07) is 20.5. The second-order valence-corrected chi connectivity index (χ2v) is 6.09. The second kappa shape index (κ2) is 8.07. The molecule has 0 aromatic heterocycles. The van der Waals surface area contributed by atoms with E-state index in [1.807, 2.05) is 24.3 Å². The van der Waals surface area contributed by atoms with Gasteiger partial charge in [-0.05, 0) is 54.0 Å². The summed E-state index contributed by atoms with van der Waals surface area (Å²) in [5.74, 6) is 4.50. The highest BCUT2D eigenvalue weighted by Crippen LogP contribution is 2.25. The van der Waals surface area contributed by atoms with E-state index in [2.05, 4.69) is 49.1 Å². The molecule has 0 aliphatic rings. The van der Waals surface area contributed by atoms with Crippen molar-refractivity contribution in [1.82, 2.24) is 0 Å². The van der Waals surface area contributed by atoms with Crippen molar-refractivity contribution in [3.05, 3.63) is 95.1 Å². The van der Waals surface area contributed by atoms with Crippen LogP contribution >= 0.6 is 0 Å². The summed E-state index contributed by atoms with van der Waals surface area (Å²) >= 11 is 0.